The molecule has 0 spiro atoms. The maximum Gasteiger partial charge on any atom is 0.142 e. The fourth-order valence-electron chi connectivity index (χ4n) is 2.05. The molecule has 5 heteroatoms. The number of hydrogen-bond donors (Lipinski definition) is 1. The SMILES string of the molecule is COc1ccc(OC)c(-c2cc(C)nc(N)c2C#N)c1. The Morgan fingerprint density at radius 1 is 1.15 bits per heavy atom. The summed E-state index contributed by atoms with van der Waals surface area (Å²) in [5.41, 5.74) is 8.34. The Labute approximate surface area is 117 Å². The van der Waals surface area contributed by atoms with Crippen molar-refractivity contribution in [2.45, 2.75) is 6.92 Å². The van der Waals surface area contributed by atoms with Gasteiger partial charge < -0.3 is 15.2 Å². The molecule has 2 N–H and O–H groups in total. The van der Waals surface area contributed by atoms with Crippen molar-refractivity contribution < 1.29 is 9.47 Å². The van der Waals surface area contributed by atoms with Gasteiger partial charge in [0, 0.05) is 16.8 Å². The number of nitrogen functional groups attached to an aromatic ring is 1. The van der Waals surface area contributed by atoms with Gasteiger partial charge in [0.2, 0.25) is 0 Å². The van der Waals surface area contributed by atoms with Crippen molar-refractivity contribution in [2.75, 3.05) is 20.0 Å². The molecule has 0 amide bonds. The van der Waals surface area contributed by atoms with Crippen LogP contribution >= 0.6 is 0 Å². The van der Waals surface area contributed by atoms with Gasteiger partial charge in [0.1, 0.15) is 28.9 Å². The van der Waals surface area contributed by atoms with E-state index in [-0.39, 0.29) is 5.82 Å². The lowest BCUT2D eigenvalue weighted by Crippen LogP contribution is -2.00. The van der Waals surface area contributed by atoms with Crippen LogP contribution in [0.25, 0.3) is 11.1 Å². The lowest BCUT2D eigenvalue weighted by Gasteiger charge is -2.13. The minimum atomic E-state index is 0.215. The maximum atomic E-state index is 9.30. The number of nitriles is 1. The van der Waals surface area contributed by atoms with E-state index in [2.05, 4.69) is 11.1 Å². The summed E-state index contributed by atoms with van der Waals surface area (Å²) in [4.78, 5) is 4.11. The first kappa shape index (κ1) is 13.7. The summed E-state index contributed by atoms with van der Waals surface area (Å²) in [6.45, 7) is 1.83. The van der Waals surface area contributed by atoms with Gasteiger partial charge in [-0.1, -0.05) is 0 Å². The summed E-state index contributed by atoms with van der Waals surface area (Å²) >= 11 is 0. The number of ether oxygens (including phenoxy) is 2. The van der Waals surface area contributed by atoms with E-state index in [0.29, 0.717) is 22.6 Å². The molecule has 1 heterocycles. The number of methoxy groups -OCH3 is 2. The second-order valence-corrected chi connectivity index (χ2v) is 4.25. The molecule has 0 aliphatic heterocycles. The van der Waals surface area contributed by atoms with Gasteiger partial charge in [-0.25, -0.2) is 4.98 Å². The van der Waals surface area contributed by atoms with E-state index in [9.17, 15) is 5.26 Å². The zero-order valence-corrected chi connectivity index (χ0v) is 11.6. The van der Waals surface area contributed by atoms with Crippen LogP contribution in [-0.4, -0.2) is 19.2 Å². The van der Waals surface area contributed by atoms with Crippen molar-refractivity contribution in [3.8, 4) is 28.7 Å². The highest BCUT2D eigenvalue weighted by atomic mass is 16.5. The fourth-order valence-corrected chi connectivity index (χ4v) is 2.05. The molecule has 20 heavy (non-hydrogen) atoms. The highest BCUT2D eigenvalue weighted by Gasteiger charge is 2.15. The van der Waals surface area contributed by atoms with Crippen LogP contribution in [0.5, 0.6) is 11.5 Å². The molecular formula is C15H15N3O2. The lowest BCUT2D eigenvalue weighted by molar-refractivity contribution is 0.404. The summed E-state index contributed by atoms with van der Waals surface area (Å²) in [7, 11) is 3.16. The van der Waals surface area contributed by atoms with Crippen LogP contribution in [0.4, 0.5) is 5.82 Å². The highest BCUT2D eigenvalue weighted by Crippen LogP contribution is 2.36. The van der Waals surface area contributed by atoms with Crippen molar-refractivity contribution in [2.24, 2.45) is 0 Å². The van der Waals surface area contributed by atoms with Gasteiger partial charge in [-0.3, -0.25) is 0 Å². The normalized spacial score (nSPS) is 9.90. The van der Waals surface area contributed by atoms with E-state index >= 15 is 0 Å². The van der Waals surface area contributed by atoms with Gasteiger partial charge in [0.05, 0.1) is 14.2 Å². The standard InChI is InChI=1S/C15H15N3O2/c1-9-6-11(13(8-16)15(17)18-9)12-7-10(19-2)4-5-14(12)20-3/h4-7H,1-3H3,(H2,17,18). The van der Waals surface area contributed by atoms with Gasteiger partial charge in [-0.15, -0.1) is 0 Å². The third-order valence-corrected chi connectivity index (χ3v) is 2.98. The topological polar surface area (TPSA) is 81.2 Å². The number of nitrogens with zero attached hydrogens (tertiary/aromatic N) is 2. The second kappa shape index (κ2) is 5.49. The van der Waals surface area contributed by atoms with Gasteiger partial charge in [0.25, 0.3) is 0 Å². The average molecular weight is 269 g/mol. The number of rotatable bonds is 3. The quantitative estimate of drug-likeness (QED) is 0.926. The maximum absolute atomic E-state index is 9.30. The molecule has 0 unspecified atom stereocenters. The third kappa shape index (κ3) is 2.36. The Morgan fingerprint density at radius 2 is 1.90 bits per heavy atom. The molecule has 2 aromatic rings. The molecule has 0 saturated heterocycles. The Bertz CT molecular complexity index is 690. The van der Waals surface area contributed by atoms with Crippen molar-refractivity contribution in [1.29, 1.82) is 5.26 Å². The molecule has 5 nitrogen and oxygen atoms in total. The second-order valence-electron chi connectivity index (χ2n) is 4.25. The predicted molar refractivity (Wildman–Crippen MR) is 76.6 cm³/mol. The first-order valence-electron chi connectivity index (χ1n) is 6.00. The molecule has 0 fully saturated rings. The summed E-state index contributed by atoms with van der Waals surface area (Å²) in [5.74, 6) is 1.54. The van der Waals surface area contributed by atoms with Crippen LogP contribution in [0.15, 0.2) is 24.3 Å². The first-order chi connectivity index (χ1) is 9.60. The summed E-state index contributed by atoms with van der Waals surface area (Å²) < 4.78 is 10.6. The number of nitrogens with two attached hydrogens (primary N) is 1. The van der Waals surface area contributed by atoms with E-state index in [1.807, 2.05) is 19.1 Å². The Kier molecular flexibility index (Phi) is 3.76. The molecule has 0 atom stereocenters. The molecule has 2 rings (SSSR count). The Hall–Kier alpha value is -2.74. The van der Waals surface area contributed by atoms with E-state index < -0.39 is 0 Å². The van der Waals surface area contributed by atoms with Crippen LogP contribution in [0.2, 0.25) is 0 Å². The van der Waals surface area contributed by atoms with E-state index in [4.69, 9.17) is 15.2 Å². The number of aromatic nitrogens is 1. The monoisotopic (exact) mass is 269 g/mol. The van der Waals surface area contributed by atoms with Crippen LogP contribution in [0.3, 0.4) is 0 Å². The number of aryl methyl sites for hydroxylation is 1. The number of anilines is 1. The summed E-state index contributed by atoms with van der Waals surface area (Å²) in [6, 6.07) is 9.31. The molecule has 0 bridgehead atoms. The molecule has 0 aliphatic rings. The molecule has 0 saturated carbocycles. The molecule has 1 aromatic heterocycles. The molecule has 102 valence electrons. The van der Waals surface area contributed by atoms with Gasteiger partial charge >= 0.3 is 0 Å². The zero-order valence-electron chi connectivity index (χ0n) is 11.6. The van der Waals surface area contributed by atoms with Crippen LogP contribution in [0, 0.1) is 18.3 Å². The van der Waals surface area contributed by atoms with E-state index in [1.54, 1.807) is 26.4 Å². The van der Waals surface area contributed by atoms with Crippen LogP contribution in [0.1, 0.15) is 11.3 Å². The van der Waals surface area contributed by atoms with E-state index in [1.165, 1.54) is 0 Å². The predicted octanol–water partition coefficient (Wildman–Crippen LogP) is 2.53. The summed E-state index contributed by atoms with van der Waals surface area (Å²) in [6.07, 6.45) is 0. The lowest BCUT2D eigenvalue weighted by atomic mass is 9.99. The number of benzene rings is 1. The van der Waals surface area contributed by atoms with Crippen molar-refractivity contribution in [1.82, 2.24) is 4.98 Å². The smallest absolute Gasteiger partial charge is 0.142 e. The zero-order chi connectivity index (χ0) is 14.7. The Morgan fingerprint density at radius 3 is 2.50 bits per heavy atom. The van der Waals surface area contributed by atoms with Crippen LogP contribution < -0.4 is 15.2 Å². The molecule has 0 radical (unpaired) electrons. The van der Waals surface area contributed by atoms with E-state index in [0.717, 1.165) is 11.3 Å². The minimum absolute atomic E-state index is 0.215. The minimum Gasteiger partial charge on any atom is -0.497 e. The van der Waals surface area contributed by atoms with Crippen LogP contribution in [-0.2, 0) is 0 Å². The van der Waals surface area contributed by atoms with Crippen molar-refractivity contribution >= 4 is 5.82 Å². The largest absolute Gasteiger partial charge is 0.497 e. The fraction of sp³-hybridized carbons (Fsp3) is 0.200. The molecular weight excluding hydrogens is 254 g/mol. The number of pyridine rings is 1. The Balaban J connectivity index is 2.76. The highest BCUT2D eigenvalue weighted by molar-refractivity contribution is 5.80. The van der Waals surface area contributed by atoms with Gasteiger partial charge in [-0.2, -0.15) is 5.26 Å². The molecule has 1 aromatic carbocycles. The van der Waals surface area contributed by atoms with Gasteiger partial charge in [-0.05, 0) is 31.2 Å². The third-order valence-electron chi connectivity index (χ3n) is 2.98. The van der Waals surface area contributed by atoms with Crippen molar-refractivity contribution in [3.63, 3.8) is 0 Å². The first-order valence-corrected chi connectivity index (χ1v) is 6.00. The summed E-state index contributed by atoms with van der Waals surface area (Å²) in [5, 5.41) is 9.30. The van der Waals surface area contributed by atoms with Gasteiger partial charge in [0.15, 0.2) is 0 Å². The average Bonchev–Trinajstić information content (AvgIpc) is 2.45. The molecule has 0 aliphatic carbocycles. The number of hydrogen-bond acceptors (Lipinski definition) is 5. The van der Waals surface area contributed by atoms with Crippen molar-refractivity contribution in [3.05, 3.63) is 35.5 Å².